The van der Waals surface area contributed by atoms with Crippen molar-refractivity contribution in [3.63, 3.8) is 0 Å². The molecule has 2 aromatic carbocycles. The normalized spacial score (nSPS) is 16.9. The lowest BCUT2D eigenvalue weighted by Gasteiger charge is -2.34. The Kier molecular flexibility index (Phi) is 5.22. The van der Waals surface area contributed by atoms with Gasteiger partial charge in [0.1, 0.15) is 5.82 Å². The standard InChI is InChI=1S/C19H23FN2O2S/c1-15-3-8-19(16(2)13-15)25(23,24)22-11-9-21(10-12-22)14-17-4-6-18(20)7-5-17/h3-8,13H,9-12,14H2,1-2H3. The van der Waals surface area contributed by atoms with Gasteiger partial charge in [-0.05, 0) is 43.2 Å². The van der Waals surface area contributed by atoms with Crippen molar-refractivity contribution in [3.8, 4) is 0 Å². The molecular weight excluding hydrogens is 339 g/mol. The Morgan fingerprint density at radius 3 is 2.20 bits per heavy atom. The van der Waals surface area contributed by atoms with Crippen molar-refractivity contribution in [2.24, 2.45) is 0 Å². The van der Waals surface area contributed by atoms with Crippen LogP contribution in [0.15, 0.2) is 47.4 Å². The van der Waals surface area contributed by atoms with Crippen LogP contribution in [0.3, 0.4) is 0 Å². The van der Waals surface area contributed by atoms with Crippen molar-refractivity contribution in [3.05, 3.63) is 65.0 Å². The number of nitrogens with zero attached hydrogens (tertiary/aromatic N) is 2. The van der Waals surface area contributed by atoms with E-state index in [1.54, 1.807) is 22.5 Å². The van der Waals surface area contributed by atoms with Crippen LogP contribution >= 0.6 is 0 Å². The number of piperazine rings is 1. The molecule has 25 heavy (non-hydrogen) atoms. The van der Waals surface area contributed by atoms with Gasteiger partial charge in [0.25, 0.3) is 0 Å². The van der Waals surface area contributed by atoms with Gasteiger partial charge < -0.3 is 0 Å². The summed E-state index contributed by atoms with van der Waals surface area (Å²) < 4.78 is 40.3. The van der Waals surface area contributed by atoms with Gasteiger partial charge in [-0.25, -0.2) is 12.8 Å². The number of halogens is 1. The fraction of sp³-hybridized carbons (Fsp3) is 0.368. The van der Waals surface area contributed by atoms with E-state index >= 15 is 0 Å². The first-order chi connectivity index (χ1) is 11.9. The van der Waals surface area contributed by atoms with Crippen molar-refractivity contribution >= 4 is 10.0 Å². The number of hydrogen-bond donors (Lipinski definition) is 0. The largest absolute Gasteiger partial charge is 0.296 e. The van der Waals surface area contributed by atoms with E-state index in [9.17, 15) is 12.8 Å². The first-order valence-electron chi connectivity index (χ1n) is 8.40. The van der Waals surface area contributed by atoms with Crippen LogP contribution in [-0.2, 0) is 16.6 Å². The predicted octanol–water partition coefficient (Wildman–Crippen LogP) is 2.95. The van der Waals surface area contributed by atoms with Gasteiger partial charge in [-0.2, -0.15) is 4.31 Å². The van der Waals surface area contributed by atoms with Crippen LogP contribution in [0.4, 0.5) is 4.39 Å². The smallest absolute Gasteiger partial charge is 0.243 e. The van der Waals surface area contributed by atoms with Gasteiger partial charge in [-0.1, -0.05) is 29.8 Å². The minimum absolute atomic E-state index is 0.242. The predicted molar refractivity (Wildman–Crippen MR) is 96.4 cm³/mol. The highest BCUT2D eigenvalue weighted by Crippen LogP contribution is 2.22. The van der Waals surface area contributed by atoms with Crippen LogP contribution in [0.25, 0.3) is 0 Å². The molecule has 0 spiro atoms. The monoisotopic (exact) mass is 362 g/mol. The second kappa shape index (κ2) is 7.23. The minimum Gasteiger partial charge on any atom is -0.296 e. The number of hydrogen-bond acceptors (Lipinski definition) is 3. The highest BCUT2D eigenvalue weighted by molar-refractivity contribution is 7.89. The zero-order valence-electron chi connectivity index (χ0n) is 14.6. The maximum absolute atomic E-state index is 13.0. The topological polar surface area (TPSA) is 40.6 Å². The lowest BCUT2D eigenvalue weighted by Crippen LogP contribution is -2.48. The third-order valence-corrected chi connectivity index (χ3v) is 6.66. The summed E-state index contributed by atoms with van der Waals surface area (Å²) >= 11 is 0. The number of aryl methyl sites for hydroxylation is 2. The average Bonchev–Trinajstić information content (AvgIpc) is 2.57. The quantitative estimate of drug-likeness (QED) is 0.840. The Morgan fingerprint density at radius 1 is 0.960 bits per heavy atom. The molecule has 1 fully saturated rings. The Morgan fingerprint density at radius 2 is 1.60 bits per heavy atom. The van der Waals surface area contributed by atoms with Crippen LogP contribution in [0.5, 0.6) is 0 Å². The van der Waals surface area contributed by atoms with Crippen molar-refractivity contribution in [2.45, 2.75) is 25.3 Å². The van der Waals surface area contributed by atoms with E-state index in [2.05, 4.69) is 4.90 Å². The zero-order chi connectivity index (χ0) is 18.0. The van der Waals surface area contributed by atoms with Gasteiger partial charge >= 0.3 is 0 Å². The molecule has 1 heterocycles. The summed E-state index contributed by atoms with van der Waals surface area (Å²) in [6, 6.07) is 11.9. The van der Waals surface area contributed by atoms with E-state index in [-0.39, 0.29) is 5.82 Å². The van der Waals surface area contributed by atoms with E-state index in [0.717, 1.165) is 16.7 Å². The summed E-state index contributed by atoms with van der Waals surface area (Å²) in [5.41, 5.74) is 2.88. The molecule has 3 rings (SSSR count). The maximum Gasteiger partial charge on any atom is 0.243 e. The summed E-state index contributed by atoms with van der Waals surface area (Å²) in [7, 11) is -3.45. The number of rotatable bonds is 4. The third kappa shape index (κ3) is 4.08. The fourth-order valence-electron chi connectivity index (χ4n) is 3.20. The van der Waals surface area contributed by atoms with Gasteiger partial charge in [0, 0.05) is 32.7 Å². The molecule has 0 unspecified atom stereocenters. The van der Waals surface area contributed by atoms with Gasteiger partial charge in [-0.15, -0.1) is 0 Å². The van der Waals surface area contributed by atoms with E-state index in [4.69, 9.17) is 0 Å². The highest BCUT2D eigenvalue weighted by atomic mass is 32.2. The molecular formula is C19H23FN2O2S. The van der Waals surface area contributed by atoms with Crippen LogP contribution in [0.2, 0.25) is 0 Å². The Balaban J connectivity index is 1.66. The molecule has 0 bridgehead atoms. The molecule has 0 aliphatic carbocycles. The molecule has 4 nitrogen and oxygen atoms in total. The molecule has 0 atom stereocenters. The molecule has 2 aromatic rings. The van der Waals surface area contributed by atoms with Gasteiger partial charge in [0.15, 0.2) is 0 Å². The molecule has 0 aromatic heterocycles. The third-order valence-electron chi connectivity index (χ3n) is 4.60. The Hall–Kier alpha value is -1.76. The highest BCUT2D eigenvalue weighted by Gasteiger charge is 2.29. The van der Waals surface area contributed by atoms with E-state index in [1.165, 1.54) is 12.1 Å². The summed E-state index contributed by atoms with van der Waals surface area (Å²) in [5, 5.41) is 0. The van der Waals surface area contributed by atoms with Gasteiger partial charge in [0.2, 0.25) is 10.0 Å². The van der Waals surface area contributed by atoms with Crippen molar-refractivity contribution in [1.29, 1.82) is 0 Å². The van der Waals surface area contributed by atoms with Crippen LogP contribution < -0.4 is 0 Å². The fourth-order valence-corrected chi connectivity index (χ4v) is 4.83. The molecule has 1 saturated heterocycles. The van der Waals surface area contributed by atoms with Crippen molar-refractivity contribution in [2.75, 3.05) is 26.2 Å². The molecule has 1 aliphatic heterocycles. The lowest BCUT2D eigenvalue weighted by atomic mass is 10.2. The van der Waals surface area contributed by atoms with Crippen LogP contribution in [-0.4, -0.2) is 43.8 Å². The number of sulfonamides is 1. The van der Waals surface area contributed by atoms with Crippen LogP contribution in [0.1, 0.15) is 16.7 Å². The summed E-state index contributed by atoms with van der Waals surface area (Å²) in [4.78, 5) is 2.59. The second-order valence-electron chi connectivity index (χ2n) is 6.58. The number of benzene rings is 2. The minimum atomic E-state index is -3.45. The molecule has 0 amide bonds. The summed E-state index contributed by atoms with van der Waals surface area (Å²) in [5.74, 6) is -0.242. The molecule has 0 N–H and O–H groups in total. The van der Waals surface area contributed by atoms with Crippen molar-refractivity contribution < 1.29 is 12.8 Å². The molecule has 134 valence electrons. The van der Waals surface area contributed by atoms with E-state index in [0.29, 0.717) is 37.6 Å². The first kappa shape index (κ1) is 18.0. The van der Waals surface area contributed by atoms with Crippen molar-refractivity contribution in [1.82, 2.24) is 9.21 Å². The SMILES string of the molecule is Cc1ccc(S(=O)(=O)N2CCN(Cc3ccc(F)cc3)CC2)c(C)c1. The van der Waals surface area contributed by atoms with E-state index < -0.39 is 10.0 Å². The van der Waals surface area contributed by atoms with Crippen LogP contribution in [0, 0.1) is 19.7 Å². The zero-order valence-corrected chi connectivity index (χ0v) is 15.4. The average molecular weight is 362 g/mol. The molecule has 1 aliphatic rings. The summed E-state index contributed by atoms with van der Waals surface area (Å²) in [6.07, 6.45) is 0. The maximum atomic E-state index is 13.0. The second-order valence-corrected chi connectivity index (χ2v) is 8.48. The van der Waals surface area contributed by atoms with E-state index in [1.807, 2.05) is 26.0 Å². The van der Waals surface area contributed by atoms with Gasteiger partial charge in [-0.3, -0.25) is 4.90 Å². The molecule has 0 radical (unpaired) electrons. The first-order valence-corrected chi connectivity index (χ1v) is 9.84. The Bertz CT molecular complexity index is 842. The summed E-state index contributed by atoms with van der Waals surface area (Å²) in [6.45, 7) is 6.77. The lowest BCUT2D eigenvalue weighted by molar-refractivity contribution is 0.181. The van der Waals surface area contributed by atoms with Gasteiger partial charge in [0.05, 0.1) is 4.90 Å². The molecule has 6 heteroatoms. The molecule has 0 saturated carbocycles. The Labute approximate surface area is 148 Å².